The number of halogens is 1. The van der Waals surface area contributed by atoms with Crippen LogP contribution < -0.4 is 5.32 Å². The highest BCUT2D eigenvalue weighted by Gasteiger charge is 2.30. The van der Waals surface area contributed by atoms with Crippen molar-refractivity contribution in [1.29, 1.82) is 0 Å². The first-order chi connectivity index (χ1) is 17.8. The Morgan fingerprint density at radius 1 is 0.892 bits per heavy atom. The van der Waals surface area contributed by atoms with E-state index < -0.39 is 18.0 Å². The number of benzene rings is 3. The van der Waals surface area contributed by atoms with E-state index in [1.165, 1.54) is 29.8 Å². The molecule has 9 heteroatoms. The number of amides is 1. The first kappa shape index (κ1) is 24.1. The smallest absolute Gasteiger partial charge is 0.344 e. The summed E-state index contributed by atoms with van der Waals surface area (Å²) in [4.78, 5) is 51.4. The summed E-state index contributed by atoms with van der Waals surface area (Å²) in [6.45, 7) is 3.04. The summed E-state index contributed by atoms with van der Waals surface area (Å²) >= 11 is 6.42. The van der Waals surface area contributed by atoms with Crippen molar-refractivity contribution in [3.63, 3.8) is 0 Å². The van der Waals surface area contributed by atoms with E-state index in [1.54, 1.807) is 43.3 Å². The Hall–Kier alpha value is -4.56. The second-order valence-corrected chi connectivity index (χ2v) is 8.86. The predicted molar refractivity (Wildman–Crippen MR) is 137 cm³/mol. The third-order valence-electron chi connectivity index (χ3n) is 6.05. The van der Waals surface area contributed by atoms with E-state index in [0.29, 0.717) is 28.2 Å². The topological polar surface area (TPSA) is 107 Å². The minimum absolute atomic E-state index is 0.0572. The van der Waals surface area contributed by atoms with Crippen molar-refractivity contribution >= 4 is 40.7 Å². The Labute approximate surface area is 216 Å². The van der Waals surface area contributed by atoms with Crippen molar-refractivity contribution in [2.24, 2.45) is 0 Å². The molecule has 0 radical (unpaired) electrons. The number of aryl methyl sites for hydroxylation is 1. The average Bonchev–Trinajstić information content (AvgIpc) is 3.21. The summed E-state index contributed by atoms with van der Waals surface area (Å²) in [5, 5.41) is 7.02. The Bertz CT molecular complexity index is 1590. The number of ether oxygens (including phenoxy) is 1. The number of aromatic nitrogens is 2. The van der Waals surface area contributed by atoms with E-state index in [-0.39, 0.29) is 33.4 Å². The van der Waals surface area contributed by atoms with Crippen molar-refractivity contribution in [3.8, 4) is 5.69 Å². The lowest BCUT2D eigenvalue weighted by molar-refractivity contribution is -0.123. The minimum Gasteiger partial charge on any atom is -0.449 e. The molecule has 1 unspecified atom stereocenters. The molecule has 184 valence electrons. The molecular weight excluding hydrogens is 494 g/mol. The van der Waals surface area contributed by atoms with E-state index in [9.17, 15) is 19.2 Å². The zero-order valence-corrected chi connectivity index (χ0v) is 20.6. The van der Waals surface area contributed by atoms with Gasteiger partial charge in [-0.1, -0.05) is 54.1 Å². The second kappa shape index (κ2) is 9.48. The number of para-hydroxylation sites is 1. The summed E-state index contributed by atoms with van der Waals surface area (Å²) in [5.74, 6) is -1.97. The third kappa shape index (κ3) is 4.32. The van der Waals surface area contributed by atoms with Crippen molar-refractivity contribution in [1.82, 2.24) is 9.78 Å². The number of carbonyl (C=O) groups is 4. The molecule has 0 bridgehead atoms. The summed E-state index contributed by atoms with van der Waals surface area (Å²) in [7, 11) is 0. The normalized spacial score (nSPS) is 12.9. The van der Waals surface area contributed by atoms with Gasteiger partial charge in [-0.2, -0.15) is 5.10 Å². The van der Waals surface area contributed by atoms with Gasteiger partial charge < -0.3 is 10.1 Å². The molecule has 1 aliphatic rings. The van der Waals surface area contributed by atoms with Crippen LogP contribution in [0.15, 0.2) is 72.8 Å². The highest BCUT2D eigenvalue weighted by Crippen LogP contribution is 2.29. The quantitative estimate of drug-likeness (QED) is 0.338. The van der Waals surface area contributed by atoms with E-state index in [4.69, 9.17) is 16.3 Å². The predicted octanol–water partition coefficient (Wildman–Crippen LogP) is 4.79. The van der Waals surface area contributed by atoms with Gasteiger partial charge in [-0.3, -0.25) is 14.4 Å². The lowest BCUT2D eigenvalue weighted by atomic mass is 9.84. The molecule has 1 N–H and O–H groups in total. The van der Waals surface area contributed by atoms with Crippen LogP contribution in [0.1, 0.15) is 54.8 Å². The molecule has 1 atom stereocenters. The number of hydrogen-bond donors (Lipinski definition) is 1. The molecule has 0 fully saturated rings. The number of esters is 1. The Morgan fingerprint density at radius 3 is 2.16 bits per heavy atom. The van der Waals surface area contributed by atoms with E-state index in [0.717, 1.165) is 0 Å². The van der Waals surface area contributed by atoms with Gasteiger partial charge in [0.25, 0.3) is 5.91 Å². The Balaban J connectivity index is 1.31. The zero-order chi connectivity index (χ0) is 26.3. The zero-order valence-electron chi connectivity index (χ0n) is 19.8. The molecule has 0 aliphatic heterocycles. The van der Waals surface area contributed by atoms with Crippen molar-refractivity contribution in [2.45, 2.75) is 20.0 Å². The largest absolute Gasteiger partial charge is 0.449 e. The van der Waals surface area contributed by atoms with Gasteiger partial charge >= 0.3 is 5.97 Å². The van der Waals surface area contributed by atoms with Crippen molar-refractivity contribution in [3.05, 3.63) is 111 Å². The highest BCUT2D eigenvalue weighted by atomic mass is 35.5. The first-order valence-electron chi connectivity index (χ1n) is 11.4. The fraction of sp³-hybridized carbons (Fsp3) is 0.107. The van der Waals surface area contributed by atoms with Gasteiger partial charge in [-0.25, -0.2) is 9.48 Å². The number of carbonyl (C=O) groups excluding carboxylic acids is 4. The van der Waals surface area contributed by atoms with Crippen molar-refractivity contribution in [2.75, 3.05) is 5.32 Å². The van der Waals surface area contributed by atoms with Gasteiger partial charge in [0.1, 0.15) is 10.7 Å². The van der Waals surface area contributed by atoms with Crippen LogP contribution in [-0.2, 0) is 9.53 Å². The number of ketones is 2. The van der Waals surface area contributed by atoms with Crippen LogP contribution in [0.3, 0.4) is 0 Å². The second-order valence-electron chi connectivity index (χ2n) is 8.50. The molecule has 0 saturated carbocycles. The number of nitrogens with zero attached hydrogens (tertiary/aromatic N) is 2. The number of anilines is 1. The maximum atomic E-state index is 12.9. The van der Waals surface area contributed by atoms with Crippen LogP contribution in [0.4, 0.5) is 5.69 Å². The van der Waals surface area contributed by atoms with E-state index in [2.05, 4.69) is 10.4 Å². The van der Waals surface area contributed by atoms with E-state index >= 15 is 0 Å². The molecule has 8 nitrogen and oxygen atoms in total. The molecule has 0 spiro atoms. The number of nitrogens with one attached hydrogen (secondary N) is 1. The van der Waals surface area contributed by atoms with Crippen LogP contribution >= 0.6 is 11.6 Å². The molecule has 0 saturated heterocycles. The maximum absolute atomic E-state index is 12.9. The fourth-order valence-electron chi connectivity index (χ4n) is 4.17. The van der Waals surface area contributed by atoms with Gasteiger partial charge in [0.05, 0.1) is 11.4 Å². The monoisotopic (exact) mass is 513 g/mol. The van der Waals surface area contributed by atoms with Crippen LogP contribution in [0.5, 0.6) is 0 Å². The molecule has 1 aromatic heterocycles. The molecule has 1 heterocycles. The number of rotatable bonds is 5. The Kier molecular flexibility index (Phi) is 6.19. The molecule has 1 aliphatic carbocycles. The summed E-state index contributed by atoms with van der Waals surface area (Å²) in [6.07, 6.45) is -1.18. The summed E-state index contributed by atoms with van der Waals surface area (Å²) in [6, 6.07) is 20.1. The standard InChI is InChI=1S/C28H20ClN3O5/c1-15-23(26(29)32(31-15)18-8-4-3-5-9-18)28(36)37-16(2)27(35)30-17-12-13-21-22(14-17)25(34)20-11-7-6-10-19(20)24(21)33/h3-14,16H,1-2H3,(H,30,35). The lowest BCUT2D eigenvalue weighted by Crippen LogP contribution is -2.30. The number of hydrogen-bond acceptors (Lipinski definition) is 6. The van der Waals surface area contributed by atoms with Gasteiger partial charge in [-0.15, -0.1) is 0 Å². The first-order valence-corrected chi connectivity index (χ1v) is 11.8. The highest BCUT2D eigenvalue weighted by molar-refractivity contribution is 6.33. The summed E-state index contributed by atoms with van der Waals surface area (Å²) < 4.78 is 6.79. The van der Waals surface area contributed by atoms with Crippen LogP contribution in [0.2, 0.25) is 5.15 Å². The maximum Gasteiger partial charge on any atom is 0.344 e. The van der Waals surface area contributed by atoms with Crippen LogP contribution in [0, 0.1) is 6.92 Å². The van der Waals surface area contributed by atoms with Gasteiger partial charge in [0, 0.05) is 27.9 Å². The average molecular weight is 514 g/mol. The van der Waals surface area contributed by atoms with Gasteiger partial charge in [0.2, 0.25) is 0 Å². The van der Waals surface area contributed by atoms with Crippen LogP contribution in [0.25, 0.3) is 5.69 Å². The van der Waals surface area contributed by atoms with Gasteiger partial charge in [-0.05, 0) is 44.2 Å². The molecule has 37 heavy (non-hydrogen) atoms. The molecular formula is C28H20ClN3O5. The molecule has 1 amide bonds. The van der Waals surface area contributed by atoms with Crippen molar-refractivity contribution < 1.29 is 23.9 Å². The fourth-order valence-corrected chi connectivity index (χ4v) is 4.51. The molecule has 5 rings (SSSR count). The molecule has 4 aromatic rings. The Morgan fingerprint density at radius 2 is 1.49 bits per heavy atom. The minimum atomic E-state index is -1.18. The lowest BCUT2D eigenvalue weighted by Gasteiger charge is -2.19. The number of fused-ring (bicyclic) bond motifs is 2. The third-order valence-corrected chi connectivity index (χ3v) is 6.40. The summed E-state index contributed by atoms with van der Waals surface area (Å²) in [5.41, 5.74) is 2.49. The van der Waals surface area contributed by atoms with Crippen LogP contribution in [-0.4, -0.2) is 39.3 Å². The SMILES string of the molecule is Cc1nn(-c2ccccc2)c(Cl)c1C(=O)OC(C)C(=O)Nc1ccc2c(c1)C(=O)c1ccccc1C2=O. The van der Waals surface area contributed by atoms with E-state index in [1.807, 2.05) is 18.2 Å². The van der Waals surface area contributed by atoms with Gasteiger partial charge in [0.15, 0.2) is 17.7 Å². The molecule has 3 aromatic carbocycles.